The van der Waals surface area contributed by atoms with Gasteiger partial charge in [0.2, 0.25) is 23.6 Å². The Bertz CT molecular complexity index is 1380. The van der Waals surface area contributed by atoms with E-state index in [0.29, 0.717) is 31.4 Å². The lowest BCUT2D eigenvalue weighted by molar-refractivity contribution is -0.192. The molecule has 1 saturated heterocycles. The van der Waals surface area contributed by atoms with Gasteiger partial charge in [0.05, 0.1) is 12.6 Å². The molecule has 4 atom stereocenters. The summed E-state index contributed by atoms with van der Waals surface area (Å²) < 4.78 is 31.7. The highest BCUT2D eigenvalue weighted by Crippen LogP contribution is 2.19. The molecule has 47 heavy (non-hydrogen) atoms. The van der Waals surface area contributed by atoms with Crippen LogP contribution in [0.4, 0.5) is 13.2 Å². The number of carboxylic acids is 2. The van der Waals surface area contributed by atoms with Gasteiger partial charge in [-0.1, -0.05) is 60.7 Å². The number of nitrogens with two attached hydrogens (primary N) is 1. The fourth-order valence-corrected chi connectivity index (χ4v) is 4.55. The minimum absolute atomic E-state index is 0.0499. The Morgan fingerprint density at radius 3 is 1.87 bits per heavy atom. The van der Waals surface area contributed by atoms with Gasteiger partial charge < -0.3 is 41.9 Å². The van der Waals surface area contributed by atoms with Gasteiger partial charge in [-0.05, 0) is 30.4 Å². The van der Waals surface area contributed by atoms with Crippen LogP contribution in [0.3, 0.4) is 0 Å². The van der Waals surface area contributed by atoms with E-state index in [9.17, 15) is 42.3 Å². The summed E-state index contributed by atoms with van der Waals surface area (Å²) in [6, 6.07) is 13.7. The Kier molecular flexibility index (Phi) is 14.8. The lowest BCUT2D eigenvalue weighted by atomic mass is 10.0. The largest absolute Gasteiger partial charge is 0.490 e. The zero-order valence-corrected chi connectivity index (χ0v) is 25.0. The Labute approximate surface area is 267 Å². The van der Waals surface area contributed by atoms with E-state index in [1.54, 1.807) is 30.3 Å². The first kappa shape index (κ1) is 38.2. The third-order valence-corrected chi connectivity index (χ3v) is 6.84. The molecule has 14 nitrogen and oxygen atoms in total. The van der Waals surface area contributed by atoms with Crippen molar-refractivity contribution in [2.24, 2.45) is 5.73 Å². The second-order valence-corrected chi connectivity index (χ2v) is 10.4. The highest BCUT2D eigenvalue weighted by Gasteiger charge is 2.39. The molecule has 3 rings (SSSR count). The second kappa shape index (κ2) is 18.2. The van der Waals surface area contributed by atoms with Crippen LogP contribution in [0, 0.1) is 0 Å². The average molecular weight is 668 g/mol. The van der Waals surface area contributed by atoms with Crippen molar-refractivity contribution in [2.75, 3.05) is 19.7 Å². The predicted molar refractivity (Wildman–Crippen MR) is 158 cm³/mol. The molecule has 0 aliphatic carbocycles. The SMILES string of the molecule is N[C@@H](Cc1ccccc1)C(=O)N1CCC[C@H]1C(=O)N[C@@H](CO)C(=O)N[C@@H](Cc1ccccc1)C(=O)NCC(=O)O.O=C(O)C(F)(F)F. The van der Waals surface area contributed by atoms with Crippen LogP contribution in [0.15, 0.2) is 60.7 Å². The summed E-state index contributed by atoms with van der Waals surface area (Å²) in [5.74, 6) is -6.58. The molecule has 2 aromatic carbocycles. The number of carbonyl (C=O) groups excluding carboxylic acids is 4. The molecule has 4 amide bonds. The molecule has 17 heteroatoms. The van der Waals surface area contributed by atoms with Crippen LogP contribution in [-0.2, 0) is 41.6 Å². The number of hydrogen-bond acceptors (Lipinski definition) is 8. The monoisotopic (exact) mass is 667 g/mol. The third kappa shape index (κ3) is 12.7. The summed E-state index contributed by atoms with van der Waals surface area (Å²) >= 11 is 0. The lowest BCUT2D eigenvalue weighted by Crippen LogP contribution is -2.58. The molecule has 0 unspecified atom stereocenters. The van der Waals surface area contributed by atoms with Gasteiger partial charge in [-0.25, -0.2) is 4.79 Å². The first-order valence-electron chi connectivity index (χ1n) is 14.3. The molecule has 1 fully saturated rings. The molecule has 8 N–H and O–H groups in total. The van der Waals surface area contributed by atoms with Crippen LogP contribution in [-0.4, -0.2) is 106 Å². The van der Waals surface area contributed by atoms with Gasteiger partial charge >= 0.3 is 18.1 Å². The van der Waals surface area contributed by atoms with Crippen molar-refractivity contribution in [1.82, 2.24) is 20.9 Å². The number of nitrogens with one attached hydrogen (secondary N) is 3. The normalized spacial score (nSPS) is 16.0. The van der Waals surface area contributed by atoms with E-state index >= 15 is 0 Å². The minimum Gasteiger partial charge on any atom is -0.480 e. The number of nitrogens with zero attached hydrogens (tertiary/aromatic N) is 1. The molecular formula is C30H36F3N5O9. The number of amides is 4. The number of aliphatic carboxylic acids is 2. The van der Waals surface area contributed by atoms with Crippen molar-refractivity contribution in [3.05, 3.63) is 71.8 Å². The van der Waals surface area contributed by atoms with Gasteiger partial charge in [-0.3, -0.25) is 24.0 Å². The van der Waals surface area contributed by atoms with Gasteiger partial charge in [-0.2, -0.15) is 13.2 Å². The lowest BCUT2D eigenvalue weighted by Gasteiger charge is -2.28. The summed E-state index contributed by atoms with van der Waals surface area (Å²) in [5, 5.41) is 33.1. The van der Waals surface area contributed by atoms with Crippen molar-refractivity contribution in [3.8, 4) is 0 Å². The summed E-state index contributed by atoms with van der Waals surface area (Å²) in [5.41, 5.74) is 7.75. The first-order chi connectivity index (χ1) is 22.1. The van der Waals surface area contributed by atoms with Crippen LogP contribution >= 0.6 is 0 Å². The van der Waals surface area contributed by atoms with E-state index < -0.39 is 73.2 Å². The number of hydrogen-bond donors (Lipinski definition) is 7. The highest BCUT2D eigenvalue weighted by atomic mass is 19.4. The molecule has 0 saturated carbocycles. The standard InChI is InChI=1S/C28H35N5O7.C2HF3O2/c29-20(14-18-8-3-1-4-9-18)28(40)33-13-7-12-23(33)27(39)32-22(17-34)26(38)31-21(25(37)30-16-24(35)36)15-19-10-5-2-6-11-19;3-2(4,5)1(6)7/h1-6,8-11,20-23,34H,7,12-17,29H2,(H,30,37)(H,31,38)(H,32,39)(H,35,36);(H,6,7)/t20-,21-,22-,23-;/m0./s1. The molecule has 0 aromatic heterocycles. The molecule has 256 valence electrons. The molecule has 0 spiro atoms. The van der Waals surface area contributed by atoms with Crippen molar-refractivity contribution in [1.29, 1.82) is 0 Å². The second-order valence-electron chi connectivity index (χ2n) is 10.4. The van der Waals surface area contributed by atoms with Crippen molar-refractivity contribution in [2.45, 2.75) is 56.0 Å². The fraction of sp³-hybridized carbons (Fsp3) is 0.400. The number of carboxylic acid groups (broad SMARTS) is 2. The number of carbonyl (C=O) groups is 6. The number of aliphatic hydroxyl groups excluding tert-OH is 1. The smallest absolute Gasteiger partial charge is 0.480 e. The summed E-state index contributed by atoms with van der Waals surface area (Å²) in [7, 11) is 0. The maximum absolute atomic E-state index is 13.1. The first-order valence-corrected chi connectivity index (χ1v) is 14.3. The summed E-state index contributed by atoms with van der Waals surface area (Å²) in [4.78, 5) is 73.0. The zero-order chi connectivity index (χ0) is 35.1. The van der Waals surface area contributed by atoms with Crippen molar-refractivity contribution >= 4 is 35.6 Å². The molecule has 1 heterocycles. The van der Waals surface area contributed by atoms with E-state index in [1.165, 1.54) is 4.90 Å². The third-order valence-electron chi connectivity index (χ3n) is 6.84. The number of rotatable bonds is 13. The molecule has 0 bridgehead atoms. The van der Waals surface area contributed by atoms with E-state index in [0.717, 1.165) is 5.56 Å². The van der Waals surface area contributed by atoms with Crippen LogP contribution in [0.2, 0.25) is 0 Å². The zero-order valence-electron chi connectivity index (χ0n) is 25.0. The van der Waals surface area contributed by atoms with Gasteiger partial charge in [0, 0.05) is 13.0 Å². The van der Waals surface area contributed by atoms with Crippen LogP contribution in [0.5, 0.6) is 0 Å². The Morgan fingerprint density at radius 1 is 0.851 bits per heavy atom. The van der Waals surface area contributed by atoms with Crippen molar-refractivity contribution in [3.63, 3.8) is 0 Å². The molecule has 1 aliphatic heterocycles. The van der Waals surface area contributed by atoms with E-state index in [-0.39, 0.29) is 12.3 Å². The maximum Gasteiger partial charge on any atom is 0.490 e. The highest BCUT2D eigenvalue weighted by molar-refractivity contribution is 5.95. The van der Waals surface area contributed by atoms with Crippen LogP contribution in [0.1, 0.15) is 24.0 Å². The van der Waals surface area contributed by atoms with Gasteiger partial charge in [0.25, 0.3) is 0 Å². The topological polar surface area (TPSA) is 228 Å². The Hall–Kier alpha value is -5.03. The molecular weight excluding hydrogens is 631 g/mol. The van der Waals surface area contributed by atoms with E-state index in [2.05, 4.69) is 16.0 Å². The van der Waals surface area contributed by atoms with E-state index in [4.69, 9.17) is 20.7 Å². The summed E-state index contributed by atoms with van der Waals surface area (Å²) in [6.07, 6.45) is -3.79. The fourth-order valence-electron chi connectivity index (χ4n) is 4.55. The summed E-state index contributed by atoms with van der Waals surface area (Å²) in [6.45, 7) is -1.07. The van der Waals surface area contributed by atoms with Gasteiger partial charge in [0.1, 0.15) is 24.7 Å². The maximum atomic E-state index is 13.1. The van der Waals surface area contributed by atoms with Crippen LogP contribution < -0.4 is 21.7 Å². The van der Waals surface area contributed by atoms with Crippen molar-refractivity contribution < 1.29 is 57.3 Å². The molecule has 0 radical (unpaired) electrons. The van der Waals surface area contributed by atoms with Gasteiger partial charge in [-0.15, -0.1) is 0 Å². The molecule has 1 aliphatic rings. The number of halogens is 3. The van der Waals surface area contributed by atoms with Gasteiger partial charge in [0.15, 0.2) is 0 Å². The minimum atomic E-state index is -5.08. The average Bonchev–Trinajstić information content (AvgIpc) is 3.52. The Morgan fingerprint density at radius 2 is 1.38 bits per heavy atom. The number of benzene rings is 2. The number of likely N-dealkylation sites (tertiary alicyclic amines) is 1. The predicted octanol–water partition coefficient (Wildman–Crippen LogP) is -0.414. The number of alkyl halides is 3. The molecule has 2 aromatic rings. The Balaban J connectivity index is 0.000000984. The quantitative estimate of drug-likeness (QED) is 0.146. The van der Waals surface area contributed by atoms with Crippen LogP contribution in [0.25, 0.3) is 0 Å². The van der Waals surface area contributed by atoms with E-state index in [1.807, 2.05) is 30.3 Å². The number of aliphatic hydroxyl groups is 1.